The van der Waals surface area contributed by atoms with Crippen LogP contribution in [-0.4, -0.2) is 31.6 Å². The van der Waals surface area contributed by atoms with Crippen molar-refractivity contribution in [2.45, 2.75) is 19.9 Å². The Morgan fingerprint density at radius 1 is 1.50 bits per heavy atom. The minimum absolute atomic E-state index is 1.11. The van der Waals surface area contributed by atoms with Gasteiger partial charge in [0.05, 0.1) is 0 Å². The molecule has 0 fully saturated rings. The molecule has 1 rings (SSSR count). The lowest BCUT2D eigenvalue weighted by Gasteiger charge is -2.19. The van der Waals surface area contributed by atoms with E-state index in [0.29, 0.717) is 0 Å². The molecule has 0 bridgehead atoms. The van der Waals surface area contributed by atoms with Crippen LogP contribution in [0.1, 0.15) is 18.2 Å². The first kappa shape index (κ1) is 11.7. The summed E-state index contributed by atoms with van der Waals surface area (Å²) in [5.74, 6) is 0. The maximum Gasteiger partial charge on any atom is 0.0327 e. The molecule has 0 unspecified atom stereocenters. The van der Waals surface area contributed by atoms with Gasteiger partial charge >= 0.3 is 0 Å². The normalized spacial score (nSPS) is 11.1. The van der Waals surface area contributed by atoms with Crippen LogP contribution in [0.3, 0.4) is 0 Å². The highest BCUT2D eigenvalue weighted by molar-refractivity contribution is 7.09. The summed E-state index contributed by atoms with van der Waals surface area (Å²) in [6.07, 6.45) is 1.23. The lowest BCUT2D eigenvalue weighted by atomic mass is 10.3. The largest absolute Gasteiger partial charge is 0.320 e. The molecule has 1 aromatic rings. The first-order valence-electron chi connectivity index (χ1n) is 5.26. The number of thiophene rings is 1. The Kier molecular flexibility index (Phi) is 5.83. The molecule has 0 spiro atoms. The van der Waals surface area contributed by atoms with E-state index in [4.69, 9.17) is 0 Å². The molecule has 3 heteroatoms. The van der Waals surface area contributed by atoms with Gasteiger partial charge in [0.15, 0.2) is 0 Å². The molecule has 1 heterocycles. The topological polar surface area (TPSA) is 15.3 Å². The molecule has 0 amide bonds. The van der Waals surface area contributed by atoms with E-state index in [-0.39, 0.29) is 0 Å². The minimum Gasteiger partial charge on any atom is -0.320 e. The van der Waals surface area contributed by atoms with E-state index >= 15 is 0 Å². The van der Waals surface area contributed by atoms with Crippen LogP contribution in [0.5, 0.6) is 0 Å². The fourth-order valence-electron chi connectivity index (χ4n) is 1.45. The Bertz CT molecular complexity index is 221. The van der Waals surface area contributed by atoms with E-state index in [9.17, 15) is 0 Å². The average molecular weight is 212 g/mol. The van der Waals surface area contributed by atoms with Crippen molar-refractivity contribution in [3.05, 3.63) is 22.4 Å². The van der Waals surface area contributed by atoms with Crippen LogP contribution in [0.15, 0.2) is 17.5 Å². The molecule has 1 aromatic heterocycles. The minimum atomic E-state index is 1.11. The van der Waals surface area contributed by atoms with Crippen molar-refractivity contribution in [1.29, 1.82) is 0 Å². The van der Waals surface area contributed by atoms with Crippen molar-refractivity contribution in [3.8, 4) is 0 Å². The van der Waals surface area contributed by atoms with Crippen molar-refractivity contribution < 1.29 is 0 Å². The van der Waals surface area contributed by atoms with Gasteiger partial charge in [-0.3, -0.25) is 4.90 Å². The Morgan fingerprint density at radius 3 is 2.93 bits per heavy atom. The van der Waals surface area contributed by atoms with Crippen LogP contribution >= 0.6 is 11.3 Å². The summed E-state index contributed by atoms with van der Waals surface area (Å²) in [4.78, 5) is 3.96. The molecular formula is C11H20N2S. The first-order valence-corrected chi connectivity index (χ1v) is 6.14. The highest BCUT2D eigenvalue weighted by atomic mass is 32.1. The smallest absolute Gasteiger partial charge is 0.0327 e. The maximum atomic E-state index is 3.18. The summed E-state index contributed by atoms with van der Waals surface area (Å²) in [6, 6.07) is 4.34. The Labute approximate surface area is 90.9 Å². The van der Waals surface area contributed by atoms with Crippen molar-refractivity contribution in [2.24, 2.45) is 0 Å². The lowest BCUT2D eigenvalue weighted by molar-refractivity contribution is 0.278. The molecule has 14 heavy (non-hydrogen) atoms. The van der Waals surface area contributed by atoms with E-state index in [1.165, 1.54) is 17.8 Å². The molecule has 0 aliphatic rings. The van der Waals surface area contributed by atoms with Crippen LogP contribution in [-0.2, 0) is 6.54 Å². The SMILES string of the molecule is CCN(CCCNC)Cc1cccs1. The average Bonchev–Trinajstić information content (AvgIpc) is 2.69. The van der Waals surface area contributed by atoms with Crippen molar-refractivity contribution >= 4 is 11.3 Å². The van der Waals surface area contributed by atoms with Gasteiger partial charge < -0.3 is 5.32 Å². The molecular weight excluding hydrogens is 192 g/mol. The van der Waals surface area contributed by atoms with E-state index in [0.717, 1.165) is 19.6 Å². The summed E-state index contributed by atoms with van der Waals surface area (Å²) in [5, 5.41) is 5.33. The highest BCUT2D eigenvalue weighted by Gasteiger charge is 2.03. The van der Waals surface area contributed by atoms with Gasteiger partial charge in [0.2, 0.25) is 0 Å². The zero-order chi connectivity index (χ0) is 10.2. The van der Waals surface area contributed by atoms with Crippen molar-refractivity contribution in [1.82, 2.24) is 10.2 Å². The Balaban J connectivity index is 2.24. The van der Waals surface area contributed by atoms with Gasteiger partial charge in [0, 0.05) is 11.4 Å². The van der Waals surface area contributed by atoms with Crippen LogP contribution < -0.4 is 5.32 Å². The monoisotopic (exact) mass is 212 g/mol. The second-order valence-corrected chi connectivity index (χ2v) is 4.44. The molecule has 2 nitrogen and oxygen atoms in total. The van der Waals surface area contributed by atoms with Crippen LogP contribution in [0.25, 0.3) is 0 Å². The van der Waals surface area contributed by atoms with E-state index in [1.54, 1.807) is 0 Å². The molecule has 0 aliphatic heterocycles. The van der Waals surface area contributed by atoms with E-state index in [2.05, 4.69) is 34.7 Å². The summed E-state index contributed by atoms with van der Waals surface area (Å²) in [5.41, 5.74) is 0. The summed E-state index contributed by atoms with van der Waals surface area (Å²) in [7, 11) is 2.01. The van der Waals surface area contributed by atoms with Crippen LogP contribution in [0, 0.1) is 0 Å². The van der Waals surface area contributed by atoms with Gasteiger partial charge in [0.1, 0.15) is 0 Å². The van der Waals surface area contributed by atoms with Gasteiger partial charge in [-0.25, -0.2) is 0 Å². The maximum absolute atomic E-state index is 3.18. The summed E-state index contributed by atoms with van der Waals surface area (Å²) in [6.45, 7) is 6.78. The second kappa shape index (κ2) is 6.98. The molecule has 1 N–H and O–H groups in total. The van der Waals surface area contributed by atoms with Crippen LogP contribution in [0.4, 0.5) is 0 Å². The quantitative estimate of drug-likeness (QED) is 0.697. The van der Waals surface area contributed by atoms with Gasteiger partial charge in [-0.1, -0.05) is 13.0 Å². The van der Waals surface area contributed by atoms with Gasteiger partial charge in [-0.15, -0.1) is 11.3 Å². The first-order chi connectivity index (χ1) is 6.86. The fraction of sp³-hybridized carbons (Fsp3) is 0.636. The molecule has 0 atom stereocenters. The third kappa shape index (κ3) is 4.22. The number of nitrogens with one attached hydrogen (secondary N) is 1. The second-order valence-electron chi connectivity index (χ2n) is 3.41. The third-order valence-electron chi connectivity index (χ3n) is 2.31. The molecule has 0 aliphatic carbocycles. The summed E-state index contributed by atoms with van der Waals surface area (Å²) < 4.78 is 0. The molecule has 0 radical (unpaired) electrons. The molecule has 0 aromatic carbocycles. The standard InChI is InChI=1S/C11H20N2S/c1-3-13(8-5-7-12-2)10-11-6-4-9-14-11/h4,6,9,12H,3,5,7-8,10H2,1-2H3. The predicted octanol–water partition coefficient (Wildman–Crippen LogP) is 2.18. The van der Waals surface area contributed by atoms with Crippen LogP contribution in [0.2, 0.25) is 0 Å². The highest BCUT2D eigenvalue weighted by Crippen LogP contribution is 2.11. The van der Waals surface area contributed by atoms with E-state index in [1.807, 2.05) is 18.4 Å². The fourth-order valence-corrected chi connectivity index (χ4v) is 2.20. The van der Waals surface area contributed by atoms with E-state index < -0.39 is 0 Å². The third-order valence-corrected chi connectivity index (χ3v) is 3.17. The van der Waals surface area contributed by atoms with Gasteiger partial charge in [0.25, 0.3) is 0 Å². The Morgan fingerprint density at radius 2 is 2.36 bits per heavy atom. The molecule has 0 saturated heterocycles. The number of hydrogen-bond acceptors (Lipinski definition) is 3. The zero-order valence-corrected chi connectivity index (χ0v) is 9.94. The van der Waals surface area contributed by atoms with Crippen molar-refractivity contribution in [2.75, 3.05) is 26.7 Å². The molecule has 0 saturated carbocycles. The molecule has 80 valence electrons. The lowest BCUT2D eigenvalue weighted by Crippen LogP contribution is -2.25. The number of rotatable bonds is 7. The number of hydrogen-bond donors (Lipinski definition) is 1. The van der Waals surface area contributed by atoms with Crippen molar-refractivity contribution in [3.63, 3.8) is 0 Å². The van der Waals surface area contributed by atoms with Gasteiger partial charge in [-0.05, 0) is 44.5 Å². The summed E-state index contributed by atoms with van der Waals surface area (Å²) >= 11 is 1.85. The van der Waals surface area contributed by atoms with Gasteiger partial charge in [-0.2, -0.15) is 0 Å². The predicted molar refractivity (Wildman–Crippen MR) is 63.8 cm³/mol. The zero-order valence-electron chi connectivity index (χ0n) is 9.12. The number of nitrogens with zero attached hydrogens (tertiary/aromatic N) is 1. The Hall–Kier alpha value is -0.380.